The molecule has 15 heavy (non-hydrogen) atoms. The van der Waals surface area contributed by atoms with Crippen molar-refractivity contribution in [3.63, 3.8) is 0 Å². The van der Waals surface area contributed by atoms with Gasteiger partial charge in [0.25, 0.3) is 0 Å². The number of allylic oxidation sites excluding steroid dienone is 1. The van der Waals surface area contributed by atoms with E-state index in [9.17, 15) is 0 Å². The van der Waals surface area contributed by atoms with Crippen molar-refractivity contribution in [3.05, 3.63) is 41.6 Å². The molecule has 0 spiro atoms. The van der Waals surface area contributed by atoms with Crippen LogP contribution in [0.25, 0.3) is 5.57 Å². The van der Waals surface area contributed by atoms with Gasteiger partial charge in [-0.25, -0.2) is 0 Å². The molecule has 0 aromatic heterocycles. The van der Waals surface area contributed by atoms with Crippen LogP contribution in [0.3, 0.4) is 0 Å². The van der Waals surface area contributed by atoms with Crippen molar-refractivity contribution < 1.29 is 0 Å². The number of hydrogen-bond acceptors (Lipinski definition) is 3. The predicted molar refractivity (Wildman–Crippen MR) is 58.4 cm³/mol. The van der Waals surface area contributed by atoms with E-state index in [1.54, 1.807) is 29.3 Å². The second-order valence-electron chi connectivity index (χ2n) is 3.28. The molecule has 0 heterocycles. The first-order valence-electron chi connectivity index (χ1n) is 4.47. The molecule has 1 aromatic carbocycles. The summed E-state index contributed by atoms with van der Waals surface area (Å²) in [5.41, 5.74) is 1.69. The first-order valence-corrected chi connectivity index (χ1v) is 4.47. The molecule has 1 aromatic rings. The van der Waals surface area contributed by atoms with E-state index in [0.29, 0.717) is 16.7 Å². The average molecular weight is 197 g/mol. The second kappa shape index (κ2) is 4.83. The Morgan fingerprint density at radius 1 is 1.27 bits per heavy atom. The number of nitrogens with zero attached hydrogens (tertiary/aromatic N) is 3. The molecule has 0 aliphatic rings. The number of benzene rings is 1. The van der Waals surface area contributed by atoms with Gasteiger partial charge < -0.3 is 4.90 Å². The van der Waals surface area contributed by atoms with Crippen molar-refractivity contribution >= 4 is 5.57 Å². The number of rotatable bonds is 2. The molecular formula is C12H11N3. The third-order valence-corrected chi connectivity index (χ3v) is 1.85. The zero-order valence-corrected chi connectivity index (χ0v) is 8.73. The summed E-state index contributed by atoms with van der Waals surface area (Å²) in [6.07, 6.45) is 1.70. The Balaban J connectivity index is 3.27. The summed E-state index contributed by atoms with van der Waals surface area (Å²) in [5.74, 6) is 0. The van der Waals surface area contributed by atoms with Crippen LogP contribution in [0.5, 0.6) is 0 Å². The summed E-state index contributed by atoms with van der Waals surface area (Å²) >= 11 is 0. The van der Waals surface area contributed by atoms with Gasteiger partial charge in [-0.15, -0.1) is 0 Å². The van der Waals surface area contributed by atoms with E-state index in [1.807, 2.05) is 20.2 Å². The molecule has 0 N–H and O–H groups in total. The Kier molecular flexibility index (Phi) is 3.49. The average Bonchev–Trinajstić information content (AvgIpc) is 2.25. The van der Waals surface area contributed by atoms with Crippen LogP contribution in [-0.4, -0.2) is 19.0 Å². The van der Waals surface area contributed by atoms with Gasteiger partial charge in [-0.3, -0.25) is 0 Å². The van der Waals surface area contributed by atoms with Crippen molar-refractivity contribution in [2.45, 2.75) is 0 Å². The summed E-state index contributed by atoms with van der Waals surface area (Å²) < 4.78 is 0. The molecule has 3 nitrogen and oxygen atoms in total. The Hall–Kier alpha value is -2.26. The highest BCUT2D eigenvalue weighted by Gasteiger charge is 2.06. The number of nitriles is 2. The summed E-state index contributed by atoms with van der Waals surface area (Å²) in [6, 6.07) is 11.2. The summed E-state index contributed by atoms with van der Waals surface area (Å²) in [6.45, 7) is 0. The van der Waals surface area contributed by atoms with Gasteiger partial charge in [-0.05, 0) is 6.07 Å². The van der Waals surface area contributed by atoms with E-state index < -0.39 is 0 Å². The fourth-order valence-electron chi connectivity index (χ4n) is 1.23. The molecular weight excluding hydrogens is 186 g/mol. The second-order valence-corrected chi connectivity index (χ2v) is 3.28. The molecule has 74 valence electrons. The third-order valence-electron chi connectivity index (χ3n) is 1.85. The summed E-state index contributed by atoms with van der Waals surface area (Å²) in [5, 5.41) is 17.9. The molecule has 0 atom stereocenters. The van der Waals surface area contributed by atoms with Gasteiger partial charge in [-0.2, -0.15) is 10.5 Å². The van der Waals surface area contributed by atoms with Crippen molar-refractivity contribution in [1.29, 1.82) is 10.5 Å². The van der Waals surface area contributed by atoms with Crippen LogP contribution in [0.2, 0.25) is 0 Å². The fraction of sp³-hybridized carbons (Fsp3) is 0.167. The van der Waals surface area contributed by atoms with Crippen LogP contribution in [0, 0.1) is 22.7 Å². The quantitative estimate of drug-likeness (QED) is 0.681. The molecule has 0 aliphatic heterocycles. The maximum absolute atomic E-state index is 8.99. The van der Waals surface area contributed by atoms with Crippen molar-refractivity contribution in [3.8, 4) is 12.1 Å². The van der Waals surface area contributed by atoms with Gasteiger partial charge in [0.2, 0.25) is 0 Å². The lowest BCUT2D eigenvalue weighted by atomic mass is 10.0. The van der Waals surface area contributed by atoms with Crippen molar-refractivity contribution in [2.24, 2.45) is 0 Å². The monoisotopic (exact) mass is 197 g/mol. The standard InChI is InChI=1S/C12H11N3/c1-15(2)9-11(8-14)12-6-4-3-5-10(12)7-13/h3-6,9H,1-2H3/b11-9+. The Morgan fingerprint density at radius 2 is 1.93 bits per heavy atom. The first-order chi connectivity index (χ1) is 7.19. The topological polar surface area (TPSA) is 50.8 Å². The van der Waals surface area contributed by atoms with Crippen LogP contribution >= 0.6 is 0 Å². The van der Waals surface area contributed by atoms with Crippen molar-refractivity contribution in [1.82, 2.24) is 4.90 Å². The molecule has 0 saturated carbocycles. The van der Waals surface area contributed by atoms with Gasteiger partial charge in [-0.1, -0.05) is 18.2 Å². The predicted octanol–water partition coefficient (Wildman–Crippen LogP) is 1.98. The summed E-state index contributed by atoms with van der Waals surface area (Å²) in [4.78, 5) is 1.78. The maximum atomic E-state index is 8.99. The zero-order valence-electron chi connectivity index (χ0n) is 8.73. The highest BCUT2D eigenvalue weighted by atomic mass is 15.0. The van der Waals surface area contributed by atoms with E-state index in [1.165, 1.54) is 0 Å². The lowest BCUT2D eigenvalue weighted by Crippen LogP contribution is -2.02. The molecule has 0 fully saturated rings. The molecule has 0 bridgehead atoms. The van der Waals surface area contributed by atoms with Crippen LogP contribution in [0.4, 0.5) is 0 Å². The van der Waals surface area contributed by atoms with Crippen LogP contribution < -0.4 is 0 Å². The molecule has 0 radical (unpaired) electrons. The molecule has 0 amide bonds. The zero-order chi connectivity index (χ0) is 11.3. The molecule has 3 heteroatoms. The van der Waals surface area contributed by atoms with E-state index in [2.05, 4.69) is 12.1 Å². The number of hydrogen-bond donors (Lipinski definition) is 0. The van der Waals surface area contributed by atoms with E-state index in [-0.39, 0.29) is 0 Å². The van der Waals surface area contributed by atoms with Gasteiger partial charge in [0.1, 0.15) is 6.07 Å². The fourth-order valence-corrected chi connectivity index (χ4v) is 1.23. The van der Waals surface area contributed by atoms with Crippen molar-refractivity contribution in [2.75, 3.05) is 14.1 Å². The highest BCUT2D eigenvalue weighted by Crippen LogP contribution is 2.17. The highest BCUT2D eigenvalue weighted by molar-refractivity contribution is 5.79. The maximum Gasteiger partial charge on any atom is 0.101 e. The normalized spacial score (nSPS) is 10.3. The van der Waals surface area contributed by atoms with E-state index in [4.69, 9.17) is 10.5 Å². The lowest BCUT2D eigenvalue weighted by Gasteiger charge is -2.07. The Labute approximate surface area is 89.5 Å². The smallest absolute Gasteiger partial charge is 0.101 e. The van der Waals surface area contributed by atoms with Gasteiger partial charge in [0, 0.05) is 25.9 Å². The minimum absolute atomic E-state index is 0.497. The van der Waals surface area contributed by atoms with Gasteiger partial charge in [0.15, 0.2) is 0 Å². The van der Waals surface area contributed by atoms with Crippen LogP contribution in [0.1, 0.15) is 11.1 Å². The largest absolute Gasteiger partial charge is 0.382 e. The third kappa shape index (κ3) is 2.59. The summed E-state index contributed by atoms with van der Waals surface area (Å²) in [7, 11) is 3.68. The first kappa shape index (κ1) is 10.8. The van der Waals surface area contributed by atoms with Crippen LogP contribution in [-0.2, 0) is 0 Å². The molecule has 0 saturated heterocycles. The minimum Gasteiger partial charge on any atom is -0.382 e. The van der Waals surface area contributed by atoms with Crippen LogP contribution in [0.15, 0.2) is 30.5 Å². The SMILES string of the molecule is CN(C)/C=C(\C#N)c1ccccc1C#N. The molecule has 0 unspecified atom stereocenters. The van der Waals surface area contributed by atoms with Gasteiger partial charge in [0.05, 0.1) is 17.2 Å². The minimum atomic E-state index is 0.497. The molecule has 1 rings (SSSR count). The molecule has 0 aliphatic carbocycles. The van der Waals surface area contributed by atoms with Gasteiger partial charge >= 0.3 is 0 Å². The van der Waals surface area contributed by atoms with E-state index in [0.717, 1.165) is 0 Å². The Morgan fingerprint density at radius 3 is 2.47 bits per heavy atom. The van der Waals surface area contributed by atoms with E-state index >= 15 is 0 Å². The lowest BCUT2D eigenvalue weighted by molar-refractivity contribution is 0.566. The Bertz CT molecular complexity index is 458.